The summed E-state index contributed by atoms with van der Waals surface area (Å²) in [5, 5.41) is 8.41. The zero-order valence-electron chi connectivity index (χ0n) is 8.16. The van der Waals surface area contributed by atoms with Gasteiger partial charge in [-0.1, -0.05) is 15.9 Å². The number of benzene rings is 1. The molecule has 0 spiro atoms. The van der Waals surface area contributed by atoms with Gasteiger partial charge in [0.1, 0.15) is 5.75 Å². The van der Waals surface area contributed by atoms with Gasteiger partial charge >= 0.3 is 12.3 Å². The van der Waals surface area contributed by atoms with Crippen molar-refractivity contribution in [3.05, 3.63) is 34.3 Å². The topological polar surface area (TPSA) is 46.5 Å². The van der Waals surface area contributed by atoms with Crippen molar-refractivity contribution in [2.24, 2.45) is 0 Å². The zero-order valence-corrected chi connectivity index (χ0v) is 9.75. The third-order valence-corrected chi connectivity index (χ3v) is 2.10. The second-order valence-electron chi connectivity index (χ2n) is 2.90. The molecule has 0 unspecified atom stereocenters. The maximum Gasteiger partial charge on any atom is 0.573 e. The highest BCUT2D eigenvalue weighted by Crippen LogP contribution is 2.29. The highest BCUT2D eigenvalue weighted by Gasteiger charge is 2.31. The maximum atomic E-state index is 12.0. The van der Waals surface area contributed by atoms with Gasteiger partial charge < -0.3 is 9.84 Å². The summed E-state index contributed by atoms with van der Waals surface area (Å²) in [5.74, 6) is -1.72. The van der Waals surface area contributed by atoms with Crippen molar-refractivity contribution in [2.75, 3.05) is 0 Å². The monoisotopic (exact) mass is 310 g/mol. The lowest BCUT2D eigenvalue weighted by atomic mass is 10.2. The van der Waals surface area contributed by atoms with Gasteiger partial charge in [0, 0.05) is 16.1 Å². The first-order chi connectivity index (χ1) is 7.78. The van der Waals surface area contributed by atoms with Crippen LogP contribution in [0, 0.1) is 0 Å². The number of hydrogen-bond acceptors (Lipinski definition) is 2. The molecule has 0 fully saturated rings. The molecule has 0 aliphatic heterocycles. The lowest BCUT2D eigenvalue weighted by Crippen LogP contribution is -2.17. The Labute approximate surface area is 103 Å². The molecule has 0 bridgehead atoms. The normalized spacial score (nSPS) is 11.8. The number of alkyl halides is 3. The average Bonchev–Trinajstić information content (AvgIpc) is 2.16. The molecule has 0 aromatic heterocycles. The van der Waals surface area contributed by atoms with E-state index in [2.05, 4.69) is 20.7 Å². The first-order valence-electron chi connectivity index (χ1n) is 4.24. The summed E-state index contributed by atoms with van der Waals surface area (Å²) in [5.41, 5.74) is 0.0131. The third kappa shape index (κ3) is 4.90. The molecular formula is C10H6BrF3O3. The van der Waals surface area contributed by atoms with E-state index in [9.17, 15) is 18.0 Å². The standard InChI is InChI=1S/C10H6BrF3O3/c11-7-2-3-8(17-10(12,13)14)6(5-7)1-4-9(15)16/h1-5H,(H,15,16)/b4-1+. The summed E-state index contributed by atoms with van der Waals surface area (Å²) in [6.45, 7) is 0. The third-order valence-electron chi connectivity index (χ3n) is 1.60. The molecule has 1 N–H and O–H groups in total. The van der Waals surface area contributed by atoms with Gasteiger partial charge in [-0.2, -0.15) is 0 Å². The minimum Gasteiger partial charge on any atom is -0.478 e. The number of aliphatic carboxylic acids is 1. The smallest absolute Gasteiger partial charge is 0.478 e. The number of carboxylic acid groups (broad SMARTS) is 1. The molecule has 0 saturated carbocycles. The number of carboxylic acids is 1. The summed E-state index contributed by atoms with van der Waals surface area (Å²) in [6.07, 6.45) is -3.07. The summed E-state index contributed by atoms with van der Waals surface area (Å²) in [7, 11) is 0. The van der Waals surface area contributed by atoms with Crippen LogP contribution in [-0.2, 0) is 4.79 Å². The van der Waals surface area contributed by atoms with Crippen molar-refractivity contribution in [1.29, 1.82) is 0 Å². The fraction of sp³-hybridized carbons (Fsp3) is 0.100. The Bertz CT molecular complexity index is 455. The maximum absolute atomic E-state index is 12.0. The van der Waals surface area contributed by atoms with Crippen molar-refractivity contribution in [3.8, 4) is 5.75 Å². The molecule has 92 valence electrons. The molecule has 1 aromatic rings. The van der Waals surface area contributed by atoms with E-state index in [1.54, 1.807) is 0 Å². The highest BCUT2D eigenvalue weighted by atomic mass is 79.9. The van der Waals surface area contributed by atoms with Crippen LogP contribution < -0.4 is 4.74 Å². The lowest BCUT2D eigenvalue weighted by Gasteiger charge is -2.11. The van der Waals surface area contributed by atoms with E-state index >= 15 is 0 Å². The van der Waals surface area contributed by atoms with Crippen LogP contribution in [0.4, 0.5) is 13.2 Å². The summed E-state index contributed by atoms with van der Waals surface area (Å²) < 4.78 is 40.4. The minimum absolute atomic E-state index is 0.0131. The SMILES string of the molecule is O=C(O)/C=C/c1cc(Br)ccc1OC(F)(F)F. The molecular weight excluding hydrogens is 305 g/mol. The molecule has 1 rings (SSSR count). The molecule has 0 amide bonds. The molecule has 1 aromatic carbocycles. The predicted octanol–water partition coefficient (Wildman–Crippen LogP) is 3.45. The fourth-order valence-corrected chi connectivity index (χ4v) is 1.41. The van der Waals surface area contributed by atoms with Crippen LogP contribution in [-0.4, -0.2) is 17.4 Å². The molecule has 0 atom stereocenters. The number of halogens is 4. The van der Waals surface area contributed by atoms with Crippen LogP contribution in [0.15, 0.2) is 28.7 Å². The quantitative estimate of drug-likeness (QED) is 0.870. The van der Waals surface area contributed by atoms with E-state index in [0.29, 0.717) is 4.47 Å². The van der Waals surface area contributed by atoms with Crippen molar-refractivity contribution in [2.45, 2.75) is 6.36 Å². The van der Waals surface area contributed by atoms with Crippen molar-refractivity contribution in [1.82, 2.24) is 0 Å². The minimum atomic E-state index is -4.82. The molecule has 3 nitrogen and oxygen atoms in total. The largest absolute Gasteiger partial charge is 0.573 e. The second kappa shape index (κ2) is 5.22. The van der Waals surface area contributed by atoms with E-state index in [4.69, 9.17) is 5.11 Å². The Hall–Kier alpha value is -1.50. The van der Waals surface area contributed by atoms with Crippen molar-refractivity contribution < 1.29 is 27.8 Å². The van der Waals surface area contributed by atoms with E-state index in [-0.39, 0.29) is 5.56 Å². The van der Waals surface area contributed by atoms with E-state index < -0.39 is 18.1 Å². The molecule has 0 aliphatic rings. The Balaban J connectivity index is 3.08. The summed E-state index contributed by atoms with van der Waals surface area (Å²) in [6, 6.07) is 3.78. The fourth-order valence-electron chi connectivity index (χ4n) is 1.03. The van der Waals surface area contributed by atoms with Crippen molar-refractivity contribution in [3.63, 3.8) is 0 Å². The molecule has 0 radical (unpaired) electrons. The summed E-state index contributed by atoms with van der Waals surface area (Å²) in [4.78, 5) is 10.3. The van der Waals surface area contributed by atoms with Gasteiger partial charge in [0.2, 0.25) is 0 Å². The zero-order chi connectivity index (χ0) is 13.1. The average molecular weight is 311 g/mol. The first kappa shape index (κ1) is 13.6. The number of hydrogen-bond donors (Lipinski definition) is 1. The van der Waals surface area contributed by atoms with Gasteiger partial charge in [0.15, 0.2) is 0 Å². The van der Waals surface area contributed by atoms with Gasteiger partial charge in [-0.3, -0.25) is 0 Å². The van der Waals surface area contributed by atoms with Crippen LogP contribution in [0.1, 0.15) is 5.56 Å². The lowest BCUT2D eigenvalue weighted by molar-refractivity contribution is -0.274. The molecule has 0 saturated heterocycles. The van der Waals surface area contributed by atoms with Crippen LogP contribution >= 0.6 is 15.9 Å². The van der Waals surface area contributed by atoms with Gasteiger partial charge in [0.25, 0.3) is 0 Å². The van der Waals surface area contributed by atoms with E-state index in [1.165, 1.54) is 12.1 Å². The summed E-state index contributed by atoms with van der Waals surface area (Å²) >= 11 is 3.06. The molecule has 0 aliphatic carbocycles. The van der Waals surface area contributed by atoms with E-state index in [1.807, 2.05) is 0 Å². The van der Waals surface area contributed by atoms with Gasteiger partial charge in [-0.25, -0.2) is 4.79 Å². The predicted molar refractivity (Wildman–Crippen MR) is 57.5 cm³/mol. The number of rotatable bonds is 3. The van der Waals surface area contributed by atoms with Crippen LogP contribution in [0.2, 0.25) is 0 Å². The molecule has 0 heterocycles. The Kier molecular flexibility index (Phi) is 4.17. The molecule has 17 heavy (non-hydrogen) atoms. The Morgan fingerprint density at radius 1 is 1.41 bits per heavy atom. The highest BCUT2D eigenvalue weighted by molar-refractivity contribution is 9.10. The van der Waals surface area contributed by atoms with E-state index in [0.717, 1.165) is 18.2 Å². The Morgan fingerprint density at radius 2 is 2.06 bits per heavy atom. The van der Waals surface area contributed by atoms with Crippen LogP contribution in [0.25, 0.3) is 6.08 Å². The van der Waals surface area contributed by atoms with Gasteiger partial charge in [-0.15, -0.1) is 13.2 Å². The van der Waals surface area contributed by atoms with Crippen LogP contribution in [0.3, 0.4) is 0 Å². The molecule has 7 heteroatoms. The number of carbonyl (C=O) groups is 1. The van der Waals surface area contributed by atoms with Gasteiger partial charge in [0.05, 0.1) is 0 Å². The van der Waals surface area contributed by atoms with Gasteiger partial charge in [-0.05, 0) is 24.3 Å². The second-order valence-corrected chi connectivity index (χ2v) is 3.82. The van der Waals surface area contributed by atoms with Crippen LogP contribution in [0.5, 0.6) is 5.75 Å². The first-order valence-corrected chi connectivity index (χ1v) is 5.03. The Morgan fingerprint density at radius 3 is 2.59 bits per heavy atom. The number of ether oxygens (including phenoxy) is 1. The van der Waals surface area contributed by atoms with Crippen molar-refractivity contribution >= 4 is 28.0 Å².